The standard InChI is InChI=1S/C12H12N2.C10H12O2/c1(11-3-7-13-8-4-11)2-12-5-9-14-10-6-12;1-3-9(11)5-7-10(12,4-2)8-6-9/h3-10H,1-2H2;1-2,11-12H,5-8H2. The molecular formula is C22H24N2O2. The summed E-state index contributed by atoms with van der Waals surface area (Å²) < 4.78 is 0. The highest BCUT2D eigenvalue weighted by Gasteiger charge is 2.38. The van der Waals surface area contributed by atoms with E-state index < -0.39 is 11.2 Å². The van der Waals surface area contributed by atoms with E-state index in [0.717, 1.165) is 12.8 Å². The lowest BCUT2D eigenvalue weighted by molar-refractivity contribution is -0.0218. The zero-order chi connectivity index (χ0) is 18.9. The highest BCUT2D eigenvalue weighted by molar-refractivity contribution is 5.17. The molecular weight excluding hydrogens is 324 g/mol. The Morgan fingerprint density at radius 2 is 1.04 bits per heavy atom. The summed E-state index contributed by atoms with van der Waals surface area (Å²) in [4.78, 5) is 7.98. The predicted molar refractivity (Wildman–Crippen MR) is 102 cm³/mol. The number of pyridine rings is 2. The van der Waals surface area contributed by atoms with Gasteiger partial charge in [-0.05, 0) is 73.9 Å². The van der Waals surface area contributed by atoms with Crippen LogP contribution in [0.25, 0.3) is 0 Å². The lowest BCUT2D eigenvalue weighted by Crippen LogP contribution is -2.41. The Balaban J connectivity index is 0.000000190. The second-order valence-corrected chi connectivity index (χ2v) is 6.56. The Morgan fingerprint density at radius 3 is 1.31 bits per heavy atom. The molecule has 26 heavy (non-hydrogen) atoms. The van der Waals surface area contributed by atoms with Crippen LogP contribution in [-0.2, 0) is 12.8 Å². The maximum atomic E-state index is 9.59. The van der Waals surface area contributed by atoms with Gasteiger partial charge in [0, 0.05) is 24.8 Å². The van der Waals surface area contributed by atoms with E-state index in [2.05, 4.69) is 46.1 Å². The predicted octanol–water partition coefficient (Wildman–Crippen LogP) is 2.55. The van der Waals surface area contributed by atoms with Crippen molar-refractivity contribution in [1.29, 1.82) is 0 Å². The number of terminal acetylenes is 2. The van der Waals surface area contributed by atoms with Gasteiger partial charge in [0.05, 0.1) is 0 Å². The Bertz CT molecular complexity index is 685. The van der Waals surface area contributed by atoms with Gasteiger partial charge in [-0.25, -0.2) is 0 Å². The Morgan fingerprint density at radius 1 is 0.731 bits per heavy atom. The molecule has 1 fully saturated rings. The highest BCUT2D eigenvalue weighted by Crippen LogP contribution is 2.33. The van der Waals surface area contributed by atoms with Crippen molar-refractivity contribution in [1.82, 2.24) is 9.97 Å². The third-order valence-electron chi connectivity index (χ3n) is 4.64. The Kier molecular flexibility index (Phi) is 6.92. The monoisotopic (exact) mass is 348 g/mol. The smallest absolute Gasteiger partial charge is 0.125 e. The zero-order valence-electron chi connectivity index (χ0n) is 14.8. The minimum atomic E-state index is -1.05. The number of aryl methyl sites for hydroxylation is 2. The third kappa shape index (κ3) is 6.01. The van der Waals surface area contributed by atoms with Gasteiger partial charge >= 0.3 is 0 Å². The summed E-state index contributed by atoms with van der Waals surface area (Å²) in [6.07, 6.45) is 21.3. The number of hydrogen-bond acceptors (Lipinski definition) is 4. The van der Waals surface area contributed by atoms with Gasteiger partial charge in [-0.15, -0.1) is 12.8 Å². The number of hydrogen-bond donors (Lipinski definition) is 2. The quantitative estimate of drug-likeness (QED) is 0.837. The summed E-state index contributed by atoms with van der Waals surface area (Å²) in [7, 11) is 0. The largest absolute Gasteiger partial charge is 0.378 e. The van der Waals surface area contributed by atoms with Crippen molar-refractivity contribution in [2.45, 2.75) is 49.7 Å². The fraction of sp³-hybridized carbons (Fsp3) is 0.364. The molecule has 134 valence electrons. The number of nitrogens with zero attached hydrogens (tertiary/aromatic N) is 2. The van der Waals surface area contributed by atoms with E-state index in [-0.39, 0.29) is 0 Å². The molecule has 2 aromatic heterocycles. The van der Waals surface area contributed by atoms with Crippen LogP contribution in [0, 0.1) is 24.7 Å². The van der Waals surface area contributed by atoms with E-state index in [9.17, 15) is 10.2 Å². The van der Waals surface area contributed by atoms with Crippen LogP contribution < -0.4 is 0 Å². The molecule has 0 saturated heterocycles. The molecule has 1 aliphatic carbocycles. The van der Waals surface area contributed by atoms with Gasteiger partial charge in [-0.1, -0.05) is 11.8 Å². The molecule has 0 atom stereocenters. The second-order valence-electron chi connectivity index (χ2n) is 6.56. The lowest BCUT2D eigenvalue weighted by atomic mass is 9.77. The maximum Gasteiger partial charge on any atom is 0.125 e. The van der Waals surface area contributed by atoms with E-state index in [4.69, 9.17) is 12.8 Å². The average molecular weight is 348 g/mol. The SMILES string of the molecule is C#CC1(O)CCC(O)(C#C)CC1.c1cc(CCc2ccncc2)ccn1. The van der Waals surface area contributed by atoms with Gasteiger partial charge in [0.2, 0.25) is 0 Å². The molecule has 4 heteroatoms. The van der Waals surface area contributed by atoms with Crippen LogP contribution in [-0.4, -0.2) is 31.4 Å². The summed E-state index contributed by atoms with van der Waals surface area (Å²) in [6, 6.07) is 8.23. The van der Waals surface area contributed by atoms with Gasteiger partial charge in [-0.2, -0.15) is 0 Å². The first kappa shape index (κ1) is 19.7. The first-order valence-electron chi connectivity index (χ1n) is 8.67. The van der Waals surface area contributed by atoms with Gasteiger partial charge in [-0.3, -0.25) is 9.97 Å². The fourth-order valence-corrected chi connectivity index (χ4v) is 2.75. The minimum absolute atomic E-state index is 0.379. The summed E-state index contributed by atoms with van der Waals surface area (Å²) in [5.41, 5.74) is 0.556. The molecule has 2 N–H and O–H groups in total. The summed E-state index contributed by atoms with van der Waals surface area (Å²) in [5, 5.41) is 19.2. The number of aromatic nitrogens is 2. The van der Waals surface area contributed by atoms with Crippen LogP contribution in [0.15, 0.2) is 49.1 Å². The average Bonchev–Trinajstić information content (AvgIpc) is 2.71. The summed E-state index contributed by atoms with van der Waals surface area (Å²) in [5.74, 6) is 4.64. The molecule has 0 amide bonds. The van der Waals surface area contributed by atoms with Gasteiger partial charge in [0.1, 0.15) is 11.2 Å². The van der Waals surface area contributed by atoms with Crippen LogP contribution in [0.4, 0.5) is 0 Å². The van der Waals surface area contributed by atoms with Crippen molar-refractivity contribution in [3.8, 4) is 24.7 Å². The molecule has 0 unspecified atom stereocenters. The van der Waals surface area contributed by atoms with Gasteiger partial charge < -0.3 is 10.2 Å². The Hall–Kier alpha value is -2.66. The van der Waals surface area contributed by atoms with E-state index in [1.807, 2.05) is 24.8 Å². The molecule has 1 saturated carbocycles. The van der Waals surface area contributed by atoms with Crippen molar-refractivity contribution < 1.29 is 10.2 Å². The first-order chi connectivity index (χ1) is 12.5. The molecule has 0 spiro atoms. The highest BCUT2D eigenvalue weighted by atomic mass is 16.3. The molecule has 0 aromatic carbocycles. The van der Waals surface area contributed by atoms with Crippen molar-refractivity contribution in [2.75, 3.05) is 0 Å². The molecule has 0 radical (unpaired) electrons. The molecule has 2 heterocycles. The van der Waals surface area contributed by atoms with Crippen LogP contribution in [0.3, 0.4) is 0 Å². The molecule has 1 aliphatic rings. The van der Waals surface area contributed by atoms with Crippen LogP contribution >= 0.6 is 0 Å². The van der Waals surface area contributed by atoms with Crippen molar-refractivity contribution in [3.05, 3.63) is 60.2 Å². The lowest BCUT2D eigenvalue weighted by Gasteiger charge is -2.35. The van der Waals surface area contributed by atoms with Crippen molar-refractivity contribution >= 4 is 0 Å². The normalized spacial score (nSPS) is 24.5. The van der Waals surface area contributed by atoms with Gasteiger partial charge in [0.25, 0.3) is 0 Å². The fourth-order valence-electron chi connectivity index (χ4n) is 2.75. The first-order valence-corrected chi connectivity index (χ1v) is 8.67. The van der Waals surface area contributed by atoms with Gasteiger partial charge in [0.15, 0.2) is 0 Å². The van der Waals surface area contributed by atoms with Crippen molar-refractivity contribution in [2.24, 2.45) is 0 Å². The van der Waals surface area contributed by atoms with Crippen LogP contribution in [0.5, 0.6) is 0 Å². The zero-order valence-corrected chi connectivity index (χ0v) is 14.8. The van der Waals surface area contributed by atoms with E-state index >= 15 is 0 Å². The maximum absolute atomic E-state index is 9.59. The topological polar surface area (TPSA) is 66.2 Å². The molecule has 3 rings (SSSR count). The summed E-state index contributed by atoms with van der Waals surface area (Å²) in [6.45, 7) is 0. The summed E-state index contributed by atoms with van der Waals surface area (Å²) >= 11 is 0. The van der Waals surface area contributed by atoms with Crippen molar-refractivity contribution in [3.63, 3.8) is 0 Å². The van der Waals surface area contributed by atoms with E-state index in [1.165, 1.54) is 11.1 Å². The van der Waals surface area contributed by atoms with Crippen LogP contribution in [0.2, 0.25) is 0 Å². The Labute approximate surface area is 155 Å². The molecule has 4 nitrogen and oxygen atoms in total. The second kappa shape index (κ2) is 9.15. The molecule has 2 aromatic rings. The minimum Gasteiger partial charge on any atom is -0.378 e. The third-order valence-corrected chi connectivity index (χ3v) is 4.64. The molecule has 0 aliphatic heterocycles. The number of rotatable bonds is 3. The van der Waals surface area contributed by atoms with Crippen LogP contribution in [0.1, 0.15) is 36.8 Å². The number of aliphatic hydroxyl groups is 2. The van der Waals surface area contributed by atoms with E-state index in [1.54, 1.807) is 0 Å². The van der Waals surface area contributed by atoms with E-state index in [0.29, 0.717) is 25.7 Å². The molecule has 0 bridgehead atoms.